The van der Waals surface area contributed by atoms with Gasteiger partial charge in [-0.2, -0.15) is 0 Å². The van der Waals surface area contributed by atoms with Gasteiger partial charge < -0.3 is 18.9 Å². The summed E-state index contributed by atoms with van der Waals surface area (Å²) in [6.07, 6.45) is 18.4. The summed E-state index contributed by atoms with van der Waals surface area (Å²) in [5.41, 5.74) is 7.91. The van der Waals surface area contributed by atoms with Crippen LogP contribution < -0.4 is 14.2 Å². The highest BCUT2D eigenvalue weighted by Crippen LogP contribution is 2.61. The van der Waals surface area contributed by atoms with Gasteiger partial charge in [-0.1, -0.05) is 137 Å². The highest BCUT2D eigenvalue weighted by atomic mass is 16.6. The van der Waals surface area contributed by atoms with Crippen molar-refractivity contribution in [3.8, 4) is 28.4 Å². The van der Waals surface area contributed by atoms with E-state index in [-0.39, 0.29) is 18.6 Å². The molecule has 0 amide bonds. The van der Waals surface area contributed by atoms with Gasteiger partial charge in [0.25, 0.3) is 0 Å². The fourth-order valence-corrected chi connectivity index (χ4v) is 9.16. The van der Waals surface area contributed by atoms with Crippen LogP contribution in [0.2, 0.25) is 0 Å². The molecule has 0 aromatic heterocycles. The van der Waals surface area contributed by atoms with E-state index < -0.39 is 11.6 Å². The summed E-state index contributed by atoms with van der Waals surface area (Å²) in [4.78, 5) is 11.5. The molecule has 270 valence electrons. The van der Waals surface area contributed by atoms with Crippen molar-refractivity contribution >= 4 is 22.8 Å². The minimum absolute atomic E-state index is 0.0722. The molecule has 53 heavy (non-hydrogen) atoms. The van der Waals surface area contributed by atoms with Gasteiger partial charge in [0.05, 0.1) is 7.11 Å². The van der Waals surface area contributed by atoms with Crippen LogP contribution in [0.25, 0.3) is 28.0 Å². The molecule has 0 radical (unpaired) electrons. The Hall–Kier alpha value is -5.29. The van der Waals surface area contributed by atoms with E-state index in [4.69, 9.17) is 18.9 Å². The van der Waals surface area contributed by atoms with Crippen LogP contribution in [0, 0.1) is 0 Å². The highest BCUT2D eigenvalue weighted by Gasteiger charge is 2.47. The van der Waals surface area contributed by atoms with Gasteiger partial charge in [0, 0.05) is 33.6 Å². The smallest absolute Gasteiger partial charge is 0.330 e. The number of rotatable bonds is 8. The Morgan fingerprint density at radius 2 is 1.34 bits per heavy atom. The SMILES string of the molecule is C=CC(=O)OCCOc1ccc(C2(c3ccc(OC)cc3)C=Cc3c4c(c5ccccc5c3O2)-c2ccccc2C42CCCCCCCCCC2)cc1. The normalized spacial score (nSPS) is 18.9. The summed E-state index contributed by atoms with van der Waals surface area (Å²) < 4.78 is 24.2. The summed E-state index contributed by atoms with van der Waals surface area (Å²) in [7, 11) is 1.69. The average molecular weight is 705 g/mol. The van der Waals surface area contributed by atoms with E-state index in [9.17, 15) is 4.79 Å². The second kappa shape index (κ2) is 15.0. The summed E-state index contributed by atoms with van der Waals surface area (Å²) in [5, 5.41) is 2.38. The predicted octanol–water partition coefficient (Wildman–Crippen LogP) is 11.5. The van der Waals surface area contributed by atoms with Crippen molar-refractivity contribution in [2.45, 2.75) is 75.2 Å². The van der Waals surface area contributed by atoms with Crippen LogP contribution in [-0.2, 0) is 20.5 Å². The van der Waals surface area contributed by atoms with Crippen molar-refractivity contribution in [3.05, 3.63) is 144 Å². The van der Waals surface area contributed by atoms with Crippen LogP contribution in [0.15, 0.2) is 116 Å². The fourth-order valence-electron chi connectivity index (χ4n) is 9.16. The lowest BCUT2D eigenvalue weighted by molar-refractivity contribution is -0.138. The van der Waals surface area contributed by atoms with Crippen molar-refractivity contribution < 1.29 is 23.7 Å². The number of carbonyl (C=O) groups is 1. The first-order valence-corrected chi connectivity index (χ1v) is 19.3. The maximum atomic E-state index is 11.5. The van der Waals surface area contributed by atoms with Gasteiger partial charge in [0.15, 0.2) is 5.60 Å². The zero-order valence-electron chi connectivity index (χ0n) is 30.7. The quantitative estimate of drug-likeness (QED) is 0.0914. The number of esters is 1. The second-order valence-corrected chi connectivity index (χ2v) is 14.6. The third-order valence-electron chi connectivity index (χ3n) is 11.7. The Morgan fingerprint density at radius 1 is 0.736 bits per heavy atom. The van der Waals surface area contributed by atoms with E-state index in [2.05, 4.69) is 91.5 Å². The van der Waals surface area contributed by atoms with Gasteiger partial charge in [-0.15, -0.1) is 0 Å². The number of ether oxygens (including phenoxy) is 4. The number of hydrogen-bond acceptors (Lipinski definition) is 5. The first kappa shape index (κ1) is 34.8. The van der Waals surface area contributed by atoms with Crippen LogP contribution in [0.4, 0.5) is 0 Å². The van der Waals surface area contributed by atoms with E-state index in [0.29, 0.717) is 5.75 Å². The summed E-state index contributed by atoms with van der Waals surface area (Å²) >= 11 is 0. The van der Waals surface area contributed by atoms with E-state index in [1.54, 1.807) is 7.11 Å². The molecule has 5 aromatic rings. The Balaban J connectivity index is 1.28. The molecule has 5 heteroatoms. The van der Waals surface area contributed by atoms with Crippen molar-refractivity contribution in [3.63, 3.8) is 0 Å². The molecule has 3 aliphatic rings. The molecule has 1 atom stereocenters. The lowest BCUT2D eigenvalue weighted by atomic mass is 9.68. The molecule has 0 bridgehead atoms. The van der Waals surface area contributed by atoms with Crippen molar-refractivity contribution in [2.24, 2.45) is 0 Å². The van der Waals surface area contributed by atoms with Gasteiger partial charge in [-0.05, 0) is 70.8 Å². The standard InChI is InChI=1S/C48H48O5/c1-3-43(49)52-33-32-51-37-26-22-35(23-27-37)48(34-20-24-36(50-2)25-21-34)31-28-41-45-44(38-16-10-11-17-39(38)46(41)53-48)40-18-12-13-19-42(40)47(45)29-14-8-6-4-5-7-9-15-30-47/h3,10-13,16-28,31H,1,4-9,14-15,29-30,32-33H2,2H3. The van der Waals surface area contributed by atoms with Crippen LogP contribution in [0.5, 0.6) is 17.2 Å². The molecule has 0 N–H and O–H groups in total. The monoisotopic (exact) mass is 704 g/mol. The molecule has 1 spiro atoms. The van der Waals surface area contributed by atoms with E-state index in [0.717, 1.165) is 46.9 Å². The Labute approximate surface area is 313 Å². The third kappa shape index (κ3) is 6.30. The minimum atomic E-state index is -0.916. The maximum Gasteiger partial charge on any atom is 0.330 e. The molecule has 1 aliphatic heterocycles. The fraction of sp³-hybridized carbons (Fsp3) is 0.312. The van der Waals surface area contributed by atoms with Crippen molar-refractivity contribution in [1.82, 2.24) is 0 Å². The van der Waals surface area contributed by atoms with E-state index in [1.807, 2.05) is 24.3 Å². The zero-order chi connectivity index (χ0) is 36.3. The molecule has 5 nitrogen and oxygen atoms in total. The number of hydrogen-bond donors (Lipinski definition) is 0. The maximum absolute atomic E-state index is 11.5. The predicted molar refractivity (Wildman–Crippen MR) is 213 cm³/mol. The number of carbonyl (C=O) groups excluding carboxylic acids is 1. The topological polar surface area (TPSA) is 54.0 Å². The summed E-state index contributed by atoms with van der Waals surface area (Å²) in [6.45, 7) is 3.84. The first-order valence-electron chi connectivity index (χ1n) is 19.3. The molecule has 8 rings (SSSR count). The molecule has 2 aliphatic carbocycles. The van der Waals surface area contributed by atoms with Gasteiger partial charge >= 0.3 is 5.97 Å². The summed E-state index contributed by atoms with van der Waals surface area (Å²) in [5.74, 6) is 1.95. The number of benzene rings is 5. The van der Waals surface area contributed by atoms with E-state index in [1.165, 1.54) is 84.6 Å². The molecular weight excluding hydrogens is 657 g/mol. The number of fused-ring (bicyclic) bond motifs is 10. The Kier molecular flexibility index (Phi) is 9.83. The lowest BCUT2D eigenvalue weighted by Gasteiger charge is -2.40. The van der Waals surface area contributed by atoms with E-state index >= 15 is 0 Å². The molecule has 1 saturated carbocycles. The minimum Gasteiger partial charge on any atom is -0.497 e. The van der Waals surface area contributed by atoms with Gasteiger partial charge in [-0.3, -0.25) is 0 Å². The van der Waals surface area contributed by atoms with Crippen molar-refractivity contribution in [1.29, 1.82) is 0 Å². The lowest BCUT2D eigenvalue weighted by Crippen LogP contribution is -2.35. The average Bonchev–Trinajstić information content (AvgIpc) is 3.47. The largest absolute Gasteiger partial charge is 0.497 e. The van der Waals surface area contributed by atoms with Gasteiger partial charge in [0.1, 0.15) is 30.5 Å². The molecule has 1 heterocycles. The second-order valence-electron chi connectivity index (χ2n) is 14.6. The number of methoxy groups -OCH3 is 1. The molecular formula is C48H48O5. The van der Waals surface area contributed by atoms with Crippen molar-refractivity contribution in [2.75, 3.05) is 20.3 Å². The van der Waals surface area contributed by atoms with Crippen LogP contribution in [-0.4, -0.2) is 26.3 Å². The Bertz CT molecular complexity index is 2130. The first-order chi connectivity index (χ1) is 26.1. The molecule has 5 aromatic carbocycles. The van der Waals surface area contributed by atoms with Gasteiger partial charge in [-0.25, -0.2) is 4.79 Å². The zero-order valence-corrected chi connectivity index (χ0v) is 30.7. The van der Waals surface area contributed by atoms with Gasteiger partial charge in [0.2, 0.25) is 0 Å². The summed E-state index contributed by atoms with van der Waals surface area (Å²) in [6, 6.07) is 34.3. The van der Waals surface area contributed by atoms with Crippen LogP contribution in [0.3, 0.4) is 0 Å². The molecule has 1 fully saturated rings. The van der Waals surface area contributed by atoms with Crippen LogP contribution in [0.1, 0.15) is 92.0 Å². The highest BCUT2D eigenvalue weighted by molar-refractivity contribution is 6.08. The molecule has 1 unspecified atom stereocenters. The Morgan fingerprint density at radius 3 is 2.00 bits per heavy atom. The molecule has 0 saturated heterocycles. The van der Waals surface area contributed by atoms with Crippen LogP contribution >= 0.6 is 0 Å². The third-order valence-corrected chi connectivity index (χ3v) is 11.7.